The zero-order chi connectivity index (χ0) is 19.9. The summed E-state index contributed by atoms with van der Waals surface area (Å²) in [6.07, 6.45) is 0.806. The molecule has 0 aliphatic rings. The van der Waals surface area contributed by atoms with Gasteiger partial charge >= 0.3 is 0 Å². The smallest absolute Gasteiger partial charge is 0.254 e. The number of carbonyl (C=O) groups is 2. The topological polar surface area (TPSA) is 49.4 Å². The van der Waals surface area contributed by atoms with Crippen LogP contribution < -0.4 is 5.32 Å². The van der Waals surface area contributed by atoms with E-state index < -0.39 is 0 Å². The SMILES string of the molecule is CC(=O)Nc1ccc(C(=O)N(CCc2ccccc2)Cc2ccc(C)s2)cc1. The van der Waals surface area contributed by atoms with Gasteiger partial charge in [-0.1, -0.05) is 30.3 Å². The summed E-state index contributed by atoms with van der Waals surface area (Å²) in [5.41, 5.74) is 2.52. The van der Waals surface area contributed by atoms with Crippen LogP contribution in [0.4, 0.5) is 5.69 Å². The molecule has 4 nitrogen and oxygen atoms in total. The molecule has 0 saturated heterocycles. The van der Waals surface area contributed by atoms with Crippen molar-refractivity contribution in [1.29, 1.82) is 0 Å². The molecule has 0 saturated carbocycles. The molecule has 3 aromatic rings. The summed E-state index contributed by atoms with van der Waals surface area (Å²) in [5.74, 6) is -0.131. The van der Waals surface area contributed by atoms with E-state index in [-0.39, 0.29) is 11.8 Å². The van der Waals surface area contributed by atoms with Crippen molar-refractivity contribution in [3.05, 3.63) is 87.6 Å². The van der Waals surface area contributed by atoms with Crippen molar-refractivity contribution in [2.75, 3.05) is 11.9 Å². The second-order valence-electron chi connectivity index (χ2n) is 6.73. The van der Waals surface area contributed by atoms with Crippen molar-refractivity contribution < 1.29 is 9.59 Å². The highest BCUT2D eigenvalue weighted by Gasteiger charge is 2.17. The minimum absolute atomic E-state index is 0.00337. The van der Waals surface area contributed by atoms with Crippen molar-refractivity contribution >= 4 is 28.8 Å². The standard InChI is InChI=1S/C23H24N2O2S/c1-17-8-13-22(28-17)16-25(15-14-19-6-4-3-5-7-19)23(27)20-9-11-21(12-10-20)24-18(2)26/h3-13H,14-16H2,1-2H3,(H,24,26). The molecule has 28 heavy (non-hydrogen) atoms. The Bertz CT molecular complexity index is 933. The second-order valence-corrected chi connectivity index (χ2v) is 8.11. The Morgan fingerprint density at radius 2 is 1.68 bits per heavy atom. The Hall–Kier alpha value is -2.92. The number of aryl methyl sites for hydroxylation is 1. The van der Waals surface area contributed by atoms with Crippen LogP contribution in [-0.2, 0) is 17.8 Å². The van der Waals surface area contributed by atoms with Crippen molar-refractivity contribution in [2.24, 2.45) is 0 Å². The van der Waals surface area contributed by atoms with Gasteiger partial charge in [-0.25, -0.2) is 0 Å². The fourth-order valence-corrected chi connectivity index (χ4v) is 3.91. The maximum atomic E-state index is 13.2. The molecule has 0 aliphatic carbocycles. The summed E-state index contributed by atoms with van der Waals surface area (Å²) >= 11 is 1.72. The highest BCUT2D eigenvalue weighted by atomic mass is 32.1. The number of amides is 2. The molecule has 144 valence electrons. The number of nitrogens with one attached hydrogen (secondary N) is 1. The predicted octanol–water partition coefficient (Wildman–Crippen LogP) is 4.90. The lowest BCUT2D eigenvalue weighted by molar-refractivity contribution is -0.114. The zero-order valence-corrected chi connectivity index (χ0v) is 17.0. The first-order chi connectivity index (χ1) is 13.5. The lowest BCUT2D eigenvalue weighted by atomic mass is 10.1. The van der Waals surface area contributed by atoms with Gasteiger partial charge in [0.15, 0.2) is 0 Å². The van der Waals surface area contributed by atoms with Gasteiger partial charge in [0.1, 0.15) is 0 Å². The van der Waals surface area contributed by atoms with Gasteiger partial charge in [-0.15, -0.1) is 11.3 Å². The summed E-state index contributed by atoms with van der Waals surface area (Å²) in [7, 11) is 0. The Balaban J connectivity index is 1.76. The van der Waals surface area contributed by atoms with Crippen molar-refractivity contribution in [2.45, 2.75) is 26.8 Å². The maximum Gasteiger partial charge on any atom is 0.254 e. The maximum absolute atomic E-state index is 13.2. The Labute approximate surface area is 169 Å². The van der Waals surface area contributed by atoms with E-state index in [9.17, 15) is 9.59 Å². The summed E-state index contributed by atoms with van der Waals surface area (Å²) in [4.78, 5) is 28.6. The Kier molecular flexibility index (Phi) is 6.61. The lowest BCUT2D eigenvalue weighted by Crippen LogP contribution is -2.32. The van der Waals surface area contributed by atoms with Crippen molar-refractivity contribution in [1.82, 2.24) is 4.90 Å². The van der Waals surface area contributed by atoms with Crippen LogP contribution in [-0.4, -0.2) is 23.3 Å². The largest absolute Gasteiger partial charge is 0.333 e. The Morgan fingerprint density at radius 3 is 2.29 bits per heavy atom. The monoisotopic (exact) mass is 392 g/mol. The van der Waals surface area contributed by atoms with E-state index in [1.807, 2.05) is 23.1 Å². The second kappa shape index (κ2) is 9.33. The molecular weight excluding hydrogens is 368 g/mol. The number of hydrogen-bond donors (Lipinski definition) is 1. The molecule has 1 aromatic heterocycles. The van der Waals surface area contributed by atoms with E-state index in [0.29, 0.717) is 24.3 Å². The van der Waals surface area contributed by atoms with Crippen LogP contribution in [0.15, 0.2) is 66.7 Å². The third kappa shape index (κ3) is 5.54. The molecule has 0 unspecified atom stereocenters. The average molecular weight is 393 g/mol. The number of thiophene rings is 1. The quantitative estimate of drug-likeness (QED) is 0.622. The van der Waals surface area contributed by atoms with E-state index in [1.165, 1.54) is 22.2 Å². The van der Waals surface area contributed by atoms with Crippen molar-refractivity contribution in [3.8, 4) is 0 Å². The molecular formula is C23H24N2O2S. The fourth-order valence-electron chi connectivity index (χ4n) is 3.00. The predicted molar refractivity (Wildman–Crippen MR) is 115 cm³/mol. The highest BCUT2D eigenvalue weighted by Crippen LogP contribution is 2.20. The molecule has 1 heterocycles. The van der Waals surface area contributed by atoms with Gasteiger partial charge in [-0.05, 0) is 55.3 Å². The molecule has 0 spiro atoms. The summed E-state index contributed by atoms with van der Waals surface area (Å²) in [6.45, 7) is 4.78. The molecule has 3 rings (SSSR count). The number of nitrogens with zero attached hydrogens (tertiary/aromatic N) is 1. The Morgan fingerprint density at radius 1 is 0.964 bits per heavy atom. The summed E-state index contributed by atoms with van der Waals surface area (Å²) in [6, 6.07) is 21.4. The van der Waals surface area contributed by atoms with Gasteiger partial charge in [0.25, 0.3) is 5.91 Å². The van der Waals surface area contributed by atoms with E-state index in [2.05, 4.69) is 36.5 Å². The molecule has 5 heteroatoms. The minimum atomic E-state index is -0.128. The van der Waals surface area contributed by atoms with Gasteiger partial charge in [0.2, 0.25) is 5.91 Å². The first-order valence-corrected chi connectivity index (χ1v) is 10.1. The number of rotatable bonds is 7. The van der Waals surface area contributed by atoms with Crippen LogP contribution in [0, 0.1) is 6.92 Å². The normalized spacial score (nSPS) is 10.5. The molecule has 2 aromatic carbocycles. The van der Waals surface area contributed by atoms with Gasteiger partial charge < -0.3 is 10.2 Å². The van der Waals surface area contributed by atoms with Crippen LogP contribution >= 0.6 is 11.3 Å². The van der Waals surface area contributed by atoms with Gasteiger partial charge in [0.05, 0.1) is 6.54 Å². The zero-order valence-electron chi connectivity index (χ0n) is 16.1. The van der Waals surface area contributed by atoms with Crippen LogP contribution in [0.5, 0.6) is 0 Å². The van der Waals surface area contributed by atoms with Gasteiger partial charge in [-0.2, -0.15) is 0 Å². The number of benzene rings is 2. The molecule has 0 bridgehead atoms. The minimum Gasteiger partial charge on any atom is -0.333 e. The van der Waals surface area contributed by atoms with Crippen LogP contribution in [0.3, 0.4) is 0 Å². The van der Waals surface area contributed by atoms with E-state index in [0.717, 1.165) is 6.42 Å². The van der Waals surface area contributed by atoms with E-state index in [1.54, 1.807) is 35.6 Å². The molecule has 0 radical (unpaired) electrons. The number of hydrogen-bond acceptors (Lipinski definition) is 3. The van der Waals surface area contributed by atoms with Crippen LogP contribution in [0.1, 0.15) is 32.6 Å². The lowest BCUT2D eigenvalue weighted by Gasteiger charge is -2.22. The van der Waals surface area contributed by atoms with E-state index in [4.69, 9.17) is 0 Å². The number of anilines is 1. The molecule has 1 N–H and O–H groups in total. The number of carbonyl (C=O) groups excluding carboxylic acids is 2. The van der Waals surface area contributed by atoms with Gasteiger partial charge in [0, 0.05) is 34.5 Å². The van der Waals surface area contributed by atoms with Crippen molar-refractivity contribution in [3.63, 3.8) is 0 Å². The third-order valence-electron chi connectivity index (χ3n) is 4.40. The van der Waals surface area contributed by atoms with Crippen LogP contribution in [0.2, 0.25) is 0 Å². The first-order valence-electron chi connectivity index (χ1n) is 9.27. The summed E-state index contributed by atoms with van der Waals surface area (Å²) < 4.78 is 0. The fraction of sp³-hybridized carbons (Fsp3) is 0.217. The molecule has 2 amide bonds. The van der Waals surface area contributed by atoms with Gasteiger partial charge in [-0.3, -0.25) is 9.59 Å². The third-order valence-corrected chi connectivity index (χ3v) is 5.38. The van der Waals surface area contributed by atoms with E-state index >= 15 is 0 Å². The molecule has 0 aliphatic heterocycles. The molecule has 0 atom stereocenters. The highest BCUT2D eigenvalue weighted by molar-refractivity contribution is 7.11. The molecule has 0 fully saturated rings. The summed E-state index contributed by atoms with van der Waals surface area (Å²) in [5, 5.41) is 2.73. The average Bonchev–Trinajstić information content (AvgIpc) is 3.10. The first kappa shape index (κ1) is 19.8. The van der Waals surface area contributed by atoms with Crippen LogP contribution in [0.25, 0.3) is 0 Å².